The molecule has 1 aliphatic rings. The molecule has 5 heteroatoms. The van der Waals surface area contributed by atoms with Crippen molar-refractivity contribution in [1.82, 2.24) is 0 Å². The van der Waals surface area contributed by atoms with Crippen molar-refractivity contribution in [3.05, 3.63) is 53.6 Å². The van der Waals surface area contributed by atoms with Gasteiger partial charge in [-0.25, -0.2) is 4.79 Å². The molecular weight excluding hydrogens is 340 g/mol. The lowest BCUT2D eigenvalue weighted by molar-refractivity contribution is 0.0601. The Morgan fingerprint density at radius 2 is 1.74 bits per heavy atom. The second kappa shape index (κ2) is 8.71. The standard InChI is InChI=1S/C22H26N2O3/c1-26-18-11-9-17(10-12-18)24-21(15-6-4-3-5-7-15)19-13-8-16(14-20(19)23)22(25)27-2/h8-15H,3-7,23H2,1-2H3. The molecule has 0 unspecified atom stereocenters. The largest absolute Gasteiger partial charge is 0.497 e. The lowest BCUT2D eigenvalue weighted by Crippen LogP contribution is -2.20. The number of esters is 1. The number of hydrogen-bond donors (Lipinski definition) is 1. The van der Waals surface area contributed by atoms with E-state index in [-0.39, 0.29) is 5.97 Å². The number of aliphatic imine (C=N–C) groups is 1. The minimum Gasteiger partial charge on any atom is -0.497 e. The fraction of sp³-hybridized carbons (Fsp3) is 0.364. The molecule has 0 spiro atoms. The number of rotatable bonds is 5. The first kappa shape index (κ1) is 19.0. The summed E-state index contributed by atoms with van der Waals surface area (Å²) in [6.07, 6.45) is 5.88. The maximum Gasteiger partial charge on any atom is 0.337 e. The van der Waals surface area contributed by atoms with Gasteiger partial charge in [-0.15, -0.1) is 0 Å². The summed E-state index contributed by atoms with van der Waals surface area (Å²) in [4.78, 5) is 16.7. The highest BCUT2D eigenvalue weighted by molar-refractivity contribution is 6.08. The molecule has 142 valence electrons. The third kappa shape index (κ3) is 4.48. The van der Waals surface area contributed by atoms with Gasteiger partial charge >= 0.3 is 5.97 Å². The predicted molar refractivity (Wildman–Crippen MR) is 108 cm³/mol. The normalized spacial score (nSPS) is 15.4. The van der Waals surface area contributed by atoms with Crippen molar-refractivity contribution < 1.29 is 14.3 Å². The molecule has 0 aromatic heterocycles. The molecule has 0 saturated heterocycles. The Morgan fingerprint density at radius 1 is 1.04 bits per heavy atom. The average Bonchev–Trinajstić information content (AvgIpc) is 2.72. The van der Waals surface area contributed by atoms with Gasteiger partial charge in [-0.2, -0.15) is 0 Å². The Morgan fingerprint density at radius 3 is 2.33 bits per heavy atom. The topological polar surface area (TPSA) is 73.9 Å². The van der Waals surface area contributed by atoms with Crippen LogP contribution >= 0.6 is 0 Å². The molecule has 2 aromatic rings. The van der Waals surface area contributed by atoms with Crippen LogP contribution in [0.4, 0.5) is 11.4 Å². The summed E-state index contributed by atoms with van der Waals surface area (Å²) in [5.41, 5.74) is 10.1. The van der Waals surface area contributed by atoms with Gasteiger partial charge in [0.15, 0.2) is 0 Å². The number of carbonyl (C=O) groups is 1. The fourth-order valence-corrected chi connectivity index (χ4v) is 3.58. The van der Waals surface area contributed by atoms with Crippen molar-refractivity contribution in [2.24, 2.45) is 10.9 Å². The molecule has 0 aliphatic heterocycles. The molecule has 1 fully saturated rings. The zero-order valence-electron chi connectivity index (χ0n) is 15.9. The van der Waals surface area contributed by atoms with Gasteiger partial charge in [0.2, 0.25) is 0 Å². The van der Waals surface area contributed by atoms with E-state index in [4.69, 9.17) is 20.2 Å². The number of nitrogens with zero attached hydrogens (tertiary/aromatic N) is 1. The number of methoxy groups -OCH3 is 2. The Bertz CT molecular complexity index is 822. The number of carbonyl (C=O) groups excluding carboxylic acids is 1. The maximum absolute atomic E-state index is 11.8. The summed E-state index contributed by atoms with van der Waals surface area (Å²) >= 11 is 0. The third-order valence-corrected chi connectivity index (χ3v) is 5.06. The molecule has 0 heterocycles. The molecule has 1 aliphatic carbocycles. The predicted octanol–water partition coefficient (Wildman–Crippen LogP) is 4.77. The van der Waals surface area contributed by atoms with Gasteiger partial charge in [0.1, 0.15) is 5.75 Å². The minimum atomic E-state index is -0.389. The van der Waals surface area contributed by atoms with Gasteiger partial charge in [0.25, 0.3) is 0 Å². The number of anilines is 1. The van der Waals surface area contributed by atoms with Crippen molar-refractivity contribution in [3.63, 3.8) is 0 Å². The Labute approximate surface area is 160 Å². The van der Waals surface area contributed by atoms with Crippen LogP contribution in [-0.2, 0) is 4.74 Å². The average molecular weight is 366 g/mol. The summed E-state index contributed by atoms with van der Waals surface area (Å²) < 4.78 is 10.0. The van der Waals surface area contributed by atoms with Crippen LogP contribution in [-0.4, -0.2) is 25.9 Å². The van der Waals surface area contributed by atoms with Crippen molar-refractivity contribution in [2.75, 3.05) is 20.0 Å². The summed E-state index contributed by atoms with van der Waals surface area (Å²) in [5, 5.41) is 0. The highest BCUT2D eigenvalue weighted by Crippen LogP contribution is 2.32. The smallest absolute Gasteiger partial charge is 0.337 e. The van der Waals surface area contributed by atoms with Gasteiger partial charge in [-0.05, 0) is 49.2 Å². The molecule has 2 aromatic carbocycles. The Hall–Kier alpha value is -2.82. The van der Waals surface area contributed by atoms with E-state index in [0.717, 1.165) is 35.6 Å². The van der Waals surface area contributed by atoms with Crippen LogP contribution in [0.2, 0.25) is 0 Å². The van der Waals surface area contributed by atoms with Gasteiger partial charge in [-0.1, -0.05) is 25.3 Å². The van der Waals surface area contributed by atoms with E-state index in [1.54, 1.807) is 19.2 Å². The molecule has 0 amide bonds. The van der Waals surface area contributed by atoms with E-state index >= 15 is 0 Å². The fourth-order valence-electron chi connectivity index (χ4n) is 3.58. The zero-order valence-corrected chi connectivity index (χ0v) is 15.9. The van der Waals surface area contributed by atoms with E-state index in [2.05, 4.69) is 0 Å². The maximum atomic E-state index is 11.8. The second-order valence-corrected chi connectivity index (χ2v) is 6.82. The molecule has 27 heavy (non-hydrogen) atoms. The van der Waals surface area contributed by atoms with E-state index in [0.29, 0.717) is 17.2 Å². The molecule has 0 bridgehead atoms. The molecule has 0 atom stereocenters. The number of ether oxygens (including phenoxy) is 2. The Kier molecular flexibility index (Phi) is 6.12. The van der Waals surface area contributed by atoms with Gasteiger partial charge in [-0.3, -0.25) is 4.99 Å². The first-order valence-corrected chi connectivity index (χ1v) is 9.33. The lowest BCUT2D eigenvalue weighted by Gasteiger charge is -2.24. The van der Waals surface area contributed by atoms with Gasteiger partial charge < -0.3 is 15.2 Å². The third-order valence-electron chi connectivity index (χ3n) is 5.06. The van der Waals surface area contributed by atoms with Crippen LogP contribution in [0.15, 0.2) is 47.5 Å². The van der Waals surface area contributed by atoms with Gasteiger partial charge in [0, 0.05) is 17.2 Å². The van der Waals surface area contributed by atoms with E-state index < -0.39 is 0 Å². The van der Waals surface area contributed by atoms with Gasteiger partial charge in [0.05, 0.1) is 31.2 Å². The first-order valence-electron chi connectivity index (χ1n) is 9.33. The number of benzene rings is 2. The van der Waals surface area contributed by atoms with Crippen molar-refractivity contribution in [2.45, 2.75) is 32.1 Å². The summed E-state index contributed by atoms with van der Waals surface area (Å²) in [6, 6.07) is 13.0. The molecular formula is C22H26N2O3. The summed E-state index contributed by atoms with van der Waals surface area (Å²) in [6.45, 7) is 0. The molecule has 2 N–H and O–H groups in total. The lowest BCUT2D eigenvalue weighted by atomic mass is 9.82. The summed E-state index contributed by atoms with van der Waals surface area (Å²) in [5.74, 6) is 0.779. The van der Waals surface area contributed by atoms with Crippen LogP contribution in [0.25, 0.3) is 0 Å². The van der Waals surface area contributed by atoms with Crippen LogP contribution in [0.5, 0.6) is 5.75 Å². The minimum absolute atomic E-state index is 0.368. The SMILES string of the molecule is COC(=O)c1ccc(C(=Nc2ccc(OC)cc2)C2CCCCC2)c(N)c1. The Balaban J connectivity index is 2.01. The van der Waals surface area contributed by atoms with E-state index in [1.165, 1.54) is 26.4 Å². The van der Waals surface area contributed by atoms with Crippen LogP contribution in [0.3, 0.4) is 0 Å². The van der Waals surface area contributed by atoms with Crippen molar-refractivity contribution in [1.29, 1.82) is 0 Å². The molecule has 5 nitrogen and oxygen atoms in total. The number of nitrogen functional groups attached to an aromatic ring is 1. The molecule has 1 saturated carbocycles. The monoisotopic (exact) mass is 366 g/mol. The molecule has 0 radical (unpaired) electrons. The van der Waals surface area contributed by atoms with Crippen molar-refractivity contribution in [3.8, 4) is 5.75 Å². The molecule has 3 rings (SSSR count). The zero-order chi connectivity index (χ0) is 19.2. The number of nitrogens with two attached hydrogens (primary N) is 1. The van der Waals surface area contributed by atoms with Crippen LogP contribution < -0.4 is 10.5 Å². The summed E-state index contributed by atoms with van der Waals surface area (Å²) in [7, 11) is 3.01. The van der Waals surface area contributed by atoms with Crippen LogP contribution in [0.1, 0.15) is 48.0 Å². The number of hydrogen-bond acceptors (Lipinski definition) is 5. The van der Waals surface area contributed by atoms with Crippen molar-refractivity contribution >= 4 is 23.1 Å². The quantitative estimate of drug-likeness (QED) is 0.470. The highest BCUT2D eigenvalue weighted by atomic mass is 16.5. The van der Waals surface area contributed by atoms with E-state index in [1.807, 2.05) is 30.3 Å². The van der Waals surface area contributed by atoms with E-state index in [9.17, 15) is 4.79 Å². The van der Waals surface area contributed by atoms with Crippen LogP contribution in [0, 0.1) is 5.92 Å². The highest BCUT2D eigenvalue weighted by Gasteiger charge is 2.23. The second-order valence-electron chi connectivity index (χ2n) is 6.82. The first-order chi connectivity index (χ1) is 13.1.